The minimum atomic E-state index is -0.459. The Morgan fingerprint density at radius 1 is 1.27 bits per heavy atom. The summed E-state index contributed by atoms with van der Waals surface area (Å²) in [5.41, 5.74) is 4.02. The molecular formula is C19H20N4O3. The van der Waals surface area contributed by atoms with Gasteiger partial charge < -0.3 is 20.4 Å². The number of amides is 2. The van der Waals surface area contributed by atoms with Gasteiger partial charge in [0.1, 0.15) is 0 Å². The Bertz CT molecular complexity index is 1020. The van der Waals surface area contributed by atoms with Crippen molar-refractivity contribution >= 4 is 22.8 Å². The first-order chi connectivity index (χ1) is 12.6. The van der Waals surface area contributed by atoms with E-state index >= 15 is 0 Å². The second-order valence-electron chi connectivity index (χ2n) is 6.44. The number of aromatic nitrogens is 1. The second kappa shape index (κ2) is 6.68. The lowest BCUT2D eigenvalue weighted by atomic mass is 9.91. The van der Waals surface area contributed by atoms with Crippen LogP contribution < -0.4 is 21.7 Å². The number of benzene rings is 2. The Morgan fingerprint density at radius 3 is 3.00 bits per heavy atom. The molecule has 3 N–H and O–H groups in total. The largest absolute Gasteiger partial charge is 0.419 e. The third kappa shape index (κ3) is 2.97. The zero-order valence-electron chi connectivity index (χ0n) is 14.4. The minimum Gasteiger partial charge on any atom is -0.405 e. The molecule has 134 valence electrons. The van der Waals surface area contributed by atoms with Gasteiger partial charge in [0.2, 0.25) is 0 Å². The molecular weight excluding hydrogens is 332 g/mol. The van der Waals surface area contributed by atoms with Gasteiger partial charge in [0.15, 0.2) is 5.58 Å². The highest BCUT2D eigenvalue weighted by molar-refractivity contribution is 5.97. The fourth-order valence-electron chi connectivity index (χ4n) is 3.40. The number of nitrogens with one attached hydrogen (secondary N) is 3. The molecule has 1 unspecified atom stereocenters. The lowest BCUT2D eigenvalue weighted by Gasteiger charge is -2.26. The summed E-state index contributed by atoms with van der Waals surface area (Å²) < 4.78 is 6.63. The summed E-state index contributed by atoms with van der Waals surface area (Å²) in [6.07, 6.45) is 0. The van der Waals surface area contributed by atoms with Gasteiger partial charge in [-0.1, -0.05) is 30.3 Å². The summed E-state index contributed by atoms with van der Waals surface area (Å²) >= 11 is 0. The Kier molecular flexibility index (Phi) is 4.22. The van der Waals surface area contributed by atoms with Crippen LogP contribution in [0.1, 0.15) is 17.0 Å². The highest BCUT2D eigenvalue weighted by Gasteiger charge is 2.20. The second-order valence-corrected chi connectivity index (χ2v) is 6.44. The number of urea groups is 1. The number of carbonyl (C=O) groups is 1. The van der Waals surface area contributed by atoms with Crippen LogP contribution in [-0.2, 0) is 13.6 Å². The zero-order chi connectivity index (χ0) is 18.1. The monoisotopic (exact) mass is 352 g/mol. The normalized spacial score (nSPS) is 16.3. The van der Waals surface area contributed by atoms with E-state index in [9.17, 15) is 9.59 Å². The molecule has 1 aromatic heterocycles. The van der Waals surface area contributed by atoms with Crippen LogP contribution in [0.2, 0.25) is 0 Å². The summed E-state index contributed by atoms with van der Waals surface area (Å²) in [7, 11) is 1.63. The number of hydrogen-bond acceptors (Lipinski definition) is 4. The Morgan fingerprint density at radius 2 is 2.12 bits per heavy atom. The van der Waals surface area contributed by atoms with Gasteiger partial charge in [-0.05, 0) is 23.3 Å². The van der Waals surface area contributed by atoms with Crippen LogP contribution >= 0.6 is 0 Å². The van der Waals surface area contributed by atoms with E-state index in [1.54, 1.807) is 25.2 Å². The molecule has 0 bridgehead atoms. The van der Waals surface area contributed by atoms with Crippen molar-refractivity contribution in [2.75, 3.05) is 18.4 Å². The van der Waals surface area contributed by atoms with E-state index in [2.05, 4.69) is 28.1 Å². The molecule has 7 nitrogen and oxygen atoms in total. The third-order valence-electron chi connectivity index (χ3n) is 4.78. The van der Waals surface area contributed by atoms with Crippen LogP contribution in [-0.4, -0.2) is 23.7 Å². The smallest absolute Gasteiger partial charge is 0.405 e. The first-order valence-corrected chi connectivity index (χ1v) is 8.55. The number of nitrogens with zero attached hydrogens (tertiary/aromatic N) is 1. The predicted octanol–water partition coefficient (Wildman–Crippen LogP) is 2.14. The summed E-state index contributed by atoms with van der Waals surface area (Å²) in [6, 6.07) is 13.2. The molecule has 1 aliphatic heterocycles. The molecule has 26 heavy (non-hydrogen) atoms. The van der Waals surface area contributed by atoms with Crippen LogP contribution in [0.5, 0.6) is 0 Å². The van der Waals surface area contributed by atoms with Crippen molar-refractivity contribution in [2.45, 2.75) is 12.5 Å². The summed E-state index contributed by atoms with van der Waals surface area (Å²) in [4.78, 5) is 24.0. The summed E-state index contributed by atoms with van der Waals surface area (Å²) in [5, 5.41) is 9.06. The molecule has 2 aromatic carbocycles. The number of hydrogen-bond donors (Lipinski definition) is 3. The maximum Gasteiger partial charge on any atom is 0.419 e. The molecule has 2 amide bonds. The molecule has 1 aliphatic rings. The number of oxazole rings is 1. The van der Waals surface area contributed by atoms with Gasteiger partial charge in [-0.15, -0.1) is 0 Å². The van der Waals surface area contributed by atoms with Crippen molar-refractivity contribution < 1.29 is 9.21 Å². The molecule has 1 atom stereocenters. The molecule has 2 heterocycles. The summed E-state index contributed by atoms with van der Waals surface area (Å²) in [6.45, 7) is 2.19. The highest BCUT2D eigenvalue weighted by atomic mass is 16.4. The lowest BCUT2D eigenvalue weighted by molar-refractivity contribution is 0.251. The molecule has 0 saturated heterocycles. The quantitative estimate of drug-likeness (QED) is 0.674. The maximum atomic E-state index is 12.3. The molecule has 0 radical (unpaired) electrons. The number of para-hydroxylation sites is 1. The van der Waals surface area contributed by atoms with Gasteiger partial charge in [-0.3, -0.25) is 4.57 Å². The van der Waals surface area contributed by atoms with Gasteiger partial charge in [0, 0.05) is 32.6 Å². The standard InChI is InChI=1S/C19H20N4O3/c1-23-16-8-4-7-15(17(16)26-19(23)25)22-18(24)21-11-13-10-20-9-12-5-2-3-6-14(12)13/h2-8,13,20H,9-11H2,1H3,(H2,21,22,24). The Hall–Kier alpha value is -3.06. The zero-order valence-corrected chi connectivity index (χ0v) is 14.4. The predicted molar refractivity (Wildman–Crippen MR) is 99.4 cm³/mol. The Labute approximate surface area is 150 Å². The first-order valence-electron chi connectivity index (χ1n) is 8.55. The molecule has 0 saturated carbocycles. The number of carbonyl (C=O) groups excluding carboxylic acids is 1. The number of fused-ring (bicyclic) bond motifs is 2. The van der Waals surface area contributed by atoms with E-state index in [1.165, 1.54) is 15.7 Å². The molecule has 4 rings (SSSR count). The van der Waals surface area contributed by atoms with Crippen molar-refractivity contribution in [3.8, 4) is 0 Å². The highest BCUT2D eigenvalue weighted by Crippen LogP contribution is 2.24. The van der Waals surface area contributed by atoms with Crippen molar-refractivity contribution in [3.63, 3.8) is 0 Å². The average Bonchev–Trinajstić information content (AvgIpc) is 2.95. The van der Waals surface area contributed by atoms with Crippen LogP contribution in [0, 0.1) is 0 Å². The molecule has 7 heteroatoms. The van der Waals surface area contributed by atoms with Crippen LogP contribution in [0.4, 0.5) is 10.5 Å². The third-order valence-corrected chi connectivity index (χ3v) is 4.78. The molecule has 0 aliphatic carbocycles. The van der Waals surface area contributed by atoms with Gasteiger partial charge in [0.05, 0.1) is 11.2 Å². The number of aryl methyl sites for hydroxylation is 1. The van der Waals surface area contributed by atoms with E-state index in [0.717, 1.165) is 13.1 Å². The fraction of sp³-hybridized carbons (Fsp3) is 0.263. The maximum absolute atomic E-state index is 12.3. The van der Waals surface area contributed by atoms with Crippen molar-refractivity contribution in [1.29, 1.82) is 0 Å². The summed E-state index contributed by atoms with van der Waals surface area (Å²) in [5.74, 6) is -0.240. The van der Waals surface area contributed by atoms with E-state index in [4.69, 9.17) is 4.42 Å². The lowest BCUT2D eigenvalue weighted by Crippen LogP contribution is -2.38. The number of anilines is 1. The van der Waals surface area contributed by atoms with Crippen molar-refractivity contribution in [2.24, 2.45) is 7.05 Å². The van der Waals surface area contributed by atoms with Crippen LogP contribution in [0.15, 0.2) is 51.7 Å². The van der Waals surface area contributed by atoms with E-state index in [-0.39, 0.29) is 11.9 Å². The van der Waals surface area contributed by atoms with E-state index in [0.29, 0.717) is 23.3 Å². The van der Waals surface area contributed by atoms with E-state index < -0.39 is 5.76 Å². The van der Waals surface area contributed by atoms with Crippen LogP contribution in [0.3, 0.4) is 0 Å². The van der Waals surface area contributed by atoms with Crippen molar-refractivity contribution in [1.82, 2.24) is 15.2 Å². The topological polar surface area (TPSA) is 88.3 Å². The first kappa shape index (κ1) is 16.4. The van der Waals surface area contributed by atoms with Crippen molar-refractivity contribution in [3.05, 3.63) is 64.1 Å². The SMILES string of the molecule is Cn1c(=O)oc2c(NC(=O)NCC3CNCc4ccccc43)cccc21. The number of rotatable bonds is 3. The molecule has 3 aromatic rings. The minimum absolute atomic E-state index is 0.219. The van der Waals surface area contributed by atoms with Crippen LogP contribution in [0.25, 0.3) is 11.1 Å². The Balaban J connectivity index is 1.46. The van der Waals surface area contributed by atoms with Gasteiger partial charge >= 0.3 is 11.8 Å². The molecule has 0 fully saturated rings. The fourth-order valence-corrected chi connectivity index (χ4v) is 3.40. The van der Waals surface area contributed by atoms with Gasteiger partial charge in [0.25, 0.3) is 0 Å². The molecule has 0 spiro atoms. The van der Waals surface area contributed by atoms with E-state index in [1.807, 2.05) is 12.1 Å². The van der Waals surface area contributed by atoms with Gasteiger partial charge in [-0.25, -0.2) is 9.59 Å². The van der Waals surface area contributed by atoms with Gasteiger partial charge in [-0.2, -0.15) is 0 Å². The average molecular weight is 352 g/mol.